The number of nitrogens with one attached hydrogen (secondary N) is 2. The minimum atomic E-state index is -0.926. The molecule has 1 aliphatic heterocycles. The summed E-state index contributed by atoms with van der Waals surface area (Å²) in [5, 5.41) is 7.52. The Morgan fingerprint density at radius 2 is 2.00 bits per heavy atom. The summed E-state index contributed by atoms with van der Waals surface area (Å²) in [7, 11) is 0. The Hall–Kier alpha value is -2.71. The fraction of sp³-hybridized carbons (Fsp3) is 0.611. The molecule has 1 spiro atoms. The number of urea groups is 1. The van der Waals surface area contributed by atoms with Crippen LogP contribution >= 0.6 is 0 Å². The Morgan fingerprint density at radius 3 is 2.67 bits per heavy atom. The van der Waals surface area contributed by atoms with Crippen LogP contribution in [0, 0.1) is 5.92 Å². The number of amides is 4. The van der Waals surface area contributed by atoms with Gasteiger partial charge < -0.3 is 5.32 Å². The zero-order valence-electron chi connectivity index (χ0n) is 15.7. The van der Waals surface area contributed by atoms with Crippen LogP contribution in [-0.4, -0.2) is 38.2 Å². The molecule has 1 aliphatic carbocycles. The van der Waals surface area contributed by atoms with E-state index in [1.807, 2.05) is 6.92 Å². The van der Waals surface area contributed by atoms with Crippen LogP contribution in [-0.2, 0) is 11.3 Å². The predicted octanol–water partition coefficient (Wildman–Crippen LogP) is 1.19. The van der Waals surface area contributed by atoms with Crippen molar-refractivity contribution in [3.8, 4) is 0 Å². The average molecular weight is 375 g/mol. The van der Waals surface area contributed by atoms with Gasteiger partial charge in [0, 0.05) is 12.6 Å². The first-order chi connectivity index (χ1) is 12.9. The number of carbonyl (C=O) groups excluding carboxylic acids is 3. The lowest BCUT2D eigenvalue weighted by Crippen LogP contribution is -2.51. The van der Waals surface area contributed by atoms with Crippen LogP contribution in [0.15, 0.2) is 16.9 Å². The first-order valence-corrected chi connectivity index (χ1v) is 9.42. The summed E-state index contributed by atoms with van der Waals surface area (Å²) in [5.74, 6) is -0.630. The van der Waals surface area contributed by atoms with Crippen LogP contribution in [0.25, 0.3) is 0 Å². The maximum Gasteiger partial charge on any atom is 0.344 e. The third kappa shape index (κ3) is 3.72. The van der Waals surface area contributed by atoms with Crippen molar-refractivity contribution in [2.45, 2.75) is 64.5 Å². The summed E-state index contributed by atoms with van der Waals surface area (Å²) < 4.78 is 1.22. The molecule has 0 unspecified atom stereocenters. The van der Waals surface area contributed by atoms with E-state index in [-0.39, 0.29) is 11.3 Å². The van der Waals surface area contributed by atoms with Crippen molar-refractivity contribution in [1.29, 1.82) is 0 Å². The van der Waals surface area contributed by atoms with Gasteiger partial charge in [0.2, 0.25) is 0 Å². The number of aryl methyl sites for hydroxylation is 1. The molecule has 0 bridgehead atoms. The van der Waals surface area contributed by atoms with Crippen molar-refractivity contribution in [2.75, 3.05) is 0 Å². The van der Waals surface area contributed by atoms with Gasteiger partial charge in [-0.05, 0) is 44.1 Å². The highest BCUT2D eigenvalue weighted by atomic mass is 16.2. The Morgan fingerprint density at radius 1 is 1.30 bits per heavy atom. The Kier molecular flexibility index (Phi) is 5.29. The quantitative estimate of drug-likeness (QED) is 0.751. The van der Waals surface area contributed by atoms with E-state index in [0.717, 1.165) is 30.7 Å². The van der Waals surface area contributed by atoms with E-state index in [0.29, 0.717) is 25.3 Å². The van der Waals surface area contributed by atoms with Gasteiger partial charge in [0.1, 0.15) is 5.54 Å². The summed E-state index contributed by atoms with van der Waals surface area (Å²) in [6, 6.07) is 1.91. The molecule has 0 radical (unpaired) electrons. The molecule has 9 nitrogen and oxygen atoms in total. The average Bonchev–Trinajstić information content (AvgIpc) is 2.88. The van der Waals surface area contributed by atoms with E-state index in [4.69, 9.17) is 0 Å². The first kappa shape index (κ1) is 19.1. The molecule has 2 heterocycles. The van der Waals surface area contributed by atoms with Gasteiger partial charge in [-0.2, -0.15) is 10.1 Å². The van der Waals surface area contributed by atoms with Crippen molar-refractivity contribution in [3.63, 3.8) is 0 Å². The minimum Gasteiger partial charge on any atom is -0.322 e. The van der Waals surface area contributed by atoms with Crippen molar-refractivity contribution in [1.82, 2.24) is 25.5 Å². The summed E-state index contributed by atoms with van der Waals surface area (Å²) >= 11 is 0. The van der Waals surface area contributed by atoms with E-state index in [9.17, 15) is 19.2 Å². The number of unbranched alkanes of at least 4 members (excludes halogenated alkanes) is 1. The van der Waals surface area contributed by atoms with E-state index < -0.39 is 23.4 Å². The van der Waals surface area contributed by atoms with E-state index in [1.165, 1.54) is 16.8 Å². The molecule has 2 fully saturated rings. The summed E-state index contributed by atoms with van der Waals surface area (Å²) in [5.41, 5.74) is 1.08. The topological polar surface area (TPSA) is 113 Å². The predicted molar refractivity (Wildman–Crippen MR) is 96.6 cm³/mol. The SMILES string of the molecule is CCCCn1nc(C(=O)NN2C(=O)NC3(CCC(C)CC3)C2=O)ccc1=O. The number of carbonyl (C=O) groups is 3. The number of nitrogens with zero attached hydrogens (tertiary/aromatic N) is 3. The third-order valence-electron chi connectivity index (χ3n) is 5.33. The highest BCUT2D eigenvalue weighted by molar-refractivity contribution is 6.09. The summed E-state index contributed by atoms with van der Waals surface area (Å²) in [6.45, 7) is 4.51. The molecule has 3 rings (SSSR count). The maximum absolute atomic E-state index is 12.8. The van der Waals surface area contributed by atoms with Crippen molar-refractivity contribution in [3.05, 3.63) is 28.2 Å². The molecule has 146 valence electrons. The Balaban J connectivity index is 1.73. The molecule has 27 heavy (non-hydrogen) atoms. The van der Waals surface area contributed by atoms with Crippen molar-refractivity contribution >= 4 is 17.8 Å². The lowest BCUT2D eigenvalue weighted by Gasteiger charge is -2.33. The molecule has 4 amide bonds. The molecule has 1 saturated carbocycles. The smallest absolute Gasteiger partial charge is 0.322 e. The molecular formula is C18H25N5O4. The van der Waals surface area contributed by atoms with Gasteiger partial charge in [-0.15, -0.1) is 0 Å². The second kappa shape index (κ2) is 7.50. The lowest BCUT2D eigenvalue weighted by atomic mass is 9.77. The largest absolute Gasteiger partial charge is 0.344 e. The van der Waals surface area contributed by atoms with Gasteiger partial charge in [0.15, 0.2) is 5.69 Å². The molecule has 0 aromatic carbocycles. The molecule has 9 heteroatoms. The number of hydrogen-bond acceptors (Lipinski definition) is 5. The fourth-order valence-electron chi connectivity index (χ4n) is 3.51. The normalized spacial score (nSPS) is 25.0. The monoisotopic (exact) mass is 375 g/mol. The standard InChI is InChI=1S/C18H25N5O4/c1-3-4-11-22-14(24)6-5-13(20-22)15(25)21-23-16(26)18(19-17(23)27)9-7-12(2)8-10-18/h5-6,12H,3-4,7-11H2,1-2H3,(H,19,27)(H,21,25). The second-order valence-electron chi connectivity index (χ2n) is 7.41. The van der Waals surface area contributed by atoms with Gasteiger partial charge in [-0.1, -0.05) is 20.3 Å². The minimum absolute atomic E-state index is 0.0236. The van der Waals surface area contributed by atoms with Crippen LogP contribution in [0.2, 0.25) is 0 Å². The van der Waals surface area contributed by atoms with Gasteiger partial charge in [0.25, 0.3) is 17.4 Å². The lowest BCUT2D eigenvalue weighted by molar-refractivity contribution is -0.134. The molecule has 0 atom stereocenters. The van der Waals surface area contributed by atoms with E-state index >= 15 is 0 Å². The zero-order valence-corrected chi connectivity index (χ0v) is 15.7. The zero-order chi connectivity index (χ0) is 19.6. The van der Waals surface area contributed by atoms with Crippen LogP contribution in [0.5, 0.6) is 0 Å². The van der Waals surface area contributed by atoms with Crippen molar-refractivity contribution in [2.24, 2.45) is 5.92 Å². The highest BCUT2D eigenvalue weighted by Gasteiger charge is 2.53. The van der Waals surface area contributed by atoms with Crippen LogP contribution in [0.1, 0.15) is 62.9 Å². The number of imide groups is 1. The molecule has 1 aromatic heterocycles. The van der Waals surface area contributed by atoms with E-state index in [1.54, 1.807) is 0 Å². The van der Waals surface area contributed by atoms with Crippen LogP contribution in [0.4, 0.5) is 4.79 Å². The maximum atomic E-state index is 12.8. The summed E-state index contributed by atoms with van der Waals surface area (Å²) in [4.78, 5) is 49.4. The summed E-state index contributed by atoms with van der Waals surface area (Å²) in [6.07, 6.45) is 4.45. The molecule has 1 aromatic rings. The fourth-order valence-corrected chi connectivity index (χ4v) is 3.51. The van der Waals surface area contributed by atoms with Gasteiger partial charge in [-0.25, -0.2) is 9.48 Å². The molecule has 2 N–H and O–H groups in total. The van der Waals surface area contributed by atoms with E-state index in [2.05, 4.69) is 22.8 Å². The first-order valence-electron chi connectivity index (χ1n) is 9.42. The van der Waals surface area contributed by atoms with Crippen LogP contribution < -0.4 is 16.3 Å². The third-order valence-corrected chi connectivity index (χ3v) is 5.33. The number of hydrogen-bond donors (Lipinski definition) is 2. The molecule has 1 saturated heterocycles. The molecular weight excluding hydrogens is 350 g/mol. The van der Waals surface area contributed by atoms with Crippen LogP contribution in [0.3, 0.4) is 0 Å². The number of rotatable bonds is 5. The second-order valence-corrected chi connectivity index (χ2v) is 7.41. The van der Waals surface area contributed by atoms with Gasteiger partial charge >= 0.3 is 6.03 Å². The molecule has 2 aliphatic rings. The van der Waals surface area contributed by atoms with Gasteiger partial charge in [-0.3, -0.25) is 19.8 Å². The Bertz CT molecular complexity index is 810. The van der Waals surface area contributed by atoms with Crippen molar-refractivity contribution < 1.29 is 14.4 Å². The Labute approximate surface area is 157 Å². The highest BCUT2D eigenvalue weighted by Crippen LogP contribution is 2.35. The number of hydrazine groups is 1. The number of aromatic nitrogens is 2. The van der Waals surface area contributed by atoms with Gasteiger partial charge in [0.05, 0.1) is 0 Å².